The third-order valence-electron chi connectivity index (χ3n) is 4.30. The van der Waals surface area contributed by atoms with Crippen molar-refractivity contribution in [1.82, 2.24) is 14.5 Å². The van der Waals surface area contributed by atoms with Gasteiger partial charge in [-0.25, -0.2) is 14.8 Å². The molecule has 0 aliphatic carbocycles. The second-order valence-corrected chi connectivity index (χ2v) is 7.30. The maximum Gasteiger partial charge on any atom is 0.341 e. The van der Waals surface area contributed by atoms with Gasteiger partial charge in [0.25, 0.3) is 0 Å². The number of pyridine rings is 2. The molecule has 3 aromatic heterocycles. The van der Waals surface area contributed by atoms with Crippen molar-refractivity contribution in [2.75, 3.05) is 18.0 Å². The molecule has 1 atom stereocenters. The predicted molar refractivity (Wildman–Crippen MR) is 99.8 cm³/mol. The first-order chi connectivity index (χ1) is 12.5. The third kappa shape index (κ3) is 2.74. The van der Waals surface area contributed by atoms with Gasteiger partial charge < -0.3 is 15.7 Å². The van der Waals surface area contributed by atoms with Crippen LogP contribution >= 0.6 is 22.9 Å². The van der Waals surface area contributed by atoms with Gasteiger partial charge in [0.05, 0.1) is 10.4 Å². The molecule has 0 radical (unpaired) electrons. The molecule has 0 amide bonds. The van der Waals surface area contributed by atoms with Crippen LogP contribution in [0.25, 0.3) is 16.2 Å². The van der Waals surface area contributed by atoms with Crippen molar-refractivity contribution in [3.63, 3.8) is 0 Å². The van der Waals surface area contributed by atoms with Crippen LogP contribution in [0.5, 0.6) is 0 Å². The molecule has 1 unspecified atom stereocenters. The molecule has 26 heavy (non-hydrogen) atoms. The average Bonchev–Trinajstić information content (AvgIpc) is 3.26. The molecule has 0 spiro atoms. The maximum absolute atomic E-state index is 12.6. The Kier molecular flexibility index (Phi) is 4.14. The lowest BCUT2D eigenvalue weighted by Crippen LogP contribution is -2.27. The zero-order chi connectivity index (χ0) is 18.4. The van der Waals surface area contributed by atoms with Crippen molar-refractivity contribution < 1.29 is 9.90 Å². The summed E-state index contributed by atoms with van der Waals surface area (Å²) in [6.45, 7) is 1.38. The van der Waals surface area contributed by atoms with Crippen LogP contribution in [-0.4, -0.2) is 44.7 Å². The molecule has 3 N–H and O–H groups in total. The second kappa shape index (κ2) is 6.35. The number of hydrogen-bond acceptors (Lipinski definition) is 7. The van der Waals surface area contributed by atoms with E-state index >= 15 is 0 Å². The van der Waals surface area contributed by atoms with Crippen molar-refractivity contribution in [2.45, 2.75) is 12.5 Å². The van der Waals surface area contributed by atoms with Crippen molar-refractivity contribution in [3.05, 3.63) is 44.6 Å². The molecular weight excluding hydrogens is 378 g/mol. The third-order valence-corrected chi connectivity index (χ3v) is 5.37. The summed E-state index contributed by atoms with van der Waals surface area (Å²) in [5.41, 5.74) is 5.20. The predicted octanol–water partition coefficient (Wildman–Crippen LogP) is 1.73. The lowest BCUT2D eigenvalue weighted by molar-refractivity contribution is 0.0695. The summed E-state index contributed by atoms with van der Waals surface area (Å²) >= 11 is 7.67. The lowest BCUT2D eigenvalue weighted by Gasteiger charge is -2.19. The van der Waals surface area contributed by atoms with Crippen molar-refractivity contribution >= 4 is 45.8 Å². The summed E-state index contributed by atoms with van der Waals surface area (Å²) < 4.78 is 1.50. The van der Waals surface area contributed by atoms with E-state index in [2.05, 4.69) is 9.97 Å². The smallest absolute Gasteiger partial charge is 0.341 e. The standard InChI is InChI=1S/C16H14ClN5O3S/c17-10-5-11(21-3-1-8(18)6-21)20-14-12(10)13(23)9(15(24)25)7-22(14)16-19-2-4-26-16/h2,4-5,7-8H,1,3,6,18H2,(H,24,25). The summed E-state index contributed by atoms with van der Waals surface area (Å²) in [7, 11) is 0. The normalized spacial score (nSPS) is 17.2. The number of nitrogens with zero attached hydrogens (tertiary/aromatic N) is 4. The Balaban J connectivity index is 2.03. The van der Waals surface area contributed by atoms with E-state index in [1.807, 2.05) is 4.90 Å². The summed E-state index contributed by atoms with van der Waals surface area (Å²) in [6, 6.07) is 1.64. The van der Waals surface area contributed by atoms with Crippen molar-refractivity contribution in [1.29, 1.82) is 0 Å². The van der Waals surface area contributed by atoms with Gasteiger partial charge in [-0.05, 0) is 6.42 Å². The number of carbonyl (C=O) groups is 1. The lowest BCUT2D eigenvalue weighted by atomic mass is 10.2. The summed E-state index contributed by atoms with van der Waals surface area (Å²) in [4.78, 5) is 34.9. The van der Waals surface area contributed by atoms with Crippen LogP contribution in [0.15, 0.2) is 28.6 Å². The fraction of sp³-hybridized carbons (Fsp3) is 0.250. The molecule has 0 saturated carbocycles. The van der Waals surface area contributed by atoms with Gasteiger partial charge in [0.2, 0.25) is 5.43 Å². The number of hydrogen-bond donors (Lipinski definition) is 2. The molecular formula is C16H14ClN5O3S. The van der Waals surface area contributed by atoms with Gasteiger partial charge >= 0.3 is 5.97 Å². The summed E-state index contributed by atoms with van der Waals surface area (Å²) in [6.07, 6.45) is 3.68. The monoisotopic (exact) mass is 391 g/mol. The minimum absolute atomic E-state index is 0.0572. The molecule has 1 aliphatic heterocycles. The Morgan fingerprint density at radius 3 is 2.88 bits per heavy atom. The van der Waals surface area contributed by atoms with E-state index in [4.69, 9.17) is 17.3 Å². The number of nitrogens with two attached hydrogens (primary N) is 1. The van der Waals surface area contributed by atoms with Gasteiger partial charge in [-0.1, -0.05) is 11.6 Å². The molecule has 0 bridgehead atoms. The van der Waals surface area contributed by atoms with Gasteiger partial charge in [-0.2, -0.15) is 0 Å². The van der Waals surface area contributed by atoms with Crippen LogP contribution in [0, 0.1) is 0 Å². The van der Waals surface area contributed by atoms with E-state index < -0.39 is 11.4 Å². The van der Waals surface area contributed by atoms with Crippen LogP contribution in [0.2, 0.25) is 5.02 Å². The molecule has 4 rings (SSSR count). The Morgan fingerprint density at radius 2 is 2.27 bits per heavy atom. The Labute approximate surface area is 156 Å². The molecule has 1 aliphatic rings. The fourth-order valence-electron chi connectivity index (χ4n) is 3.05. The van der Waals surface area contributed by atoms with E-state index in [0.29, 0.717) is 17.5 Å². The van der Waals surface area contributed by atoms with Crippen molar-refractivity contribution in [2.24, 2.45) is 5.73 Å². The van der Waals surface area contributed by atoms with Crippen LogP contribution in [-0.2, 0) is 0 Å². The highest BCUT2D eigenvalue weighted by Crippen LogP contribution is 2.29. The average molecular weight is 392 g/mol. The molecule has 10 heteroatoms. The number of carboxylic acids is 1. The van der Waals surface area contributed by atoms with E-state index in [0.717, 1.165) is 13.0 Å². The SMILES string of the molecule is NC1CCN(c2cc(Cl)c3c(=O)c(C(=O)O)cn(-c4nccs4)c3n2)C1. The van der Waals surface area contributed by atoms with Gasteiger partial charge in [0.1, 0.15) is 11.4 Å². The number of anilines is 1. The number of halogens is 1. The molecule has 134 valence electrons. The Morgan fingerprint density at radius 1 is 1.46 bits per heavy atom. The highest BCUT2D eigenvalue weighted by Gasteiger charge is 2.24. The summed E-state index contributed by atoms with van der Waals surface area (Å²) in [5.74, 6) is -0.726. The number of aromatic nitrogens is 3. The first-order valence-electron chi connectivity index (χ1n) is 7.85. The first kappa shape index (κ1) is 17.0. The van der Waals surface area contributed by atoms with E-state index in [1.54, 1.807) is 17.6 Å². The second-order valence-electron chi connectivity index (χ2n) is 6.02. The fourth-order valence-corrected chi connectivity index (χ4v) is 3.93. The molecule has 1 saturated heterocycles. The molecule has 8 nitrogen and oxygen atoms in total. The maximum atomic E-state index is 12.6. The number of carboxylic acid groups (broad SMARTS) is 1. The zero-order valence-corrected chi connectivity index (χ0v) is 15.0. The molecule has 1 fully saturated rings. The quantitative estimate of drug-likeness (QED) is 0.698. The molecule has 0 aromatic carbocycles. The van der Waals surface area contributed by atoms with E-state index in [9.17, 15) is 14.7 Å². The zero-order valence-electron chi connectivity index (χ0n) is 13.4. The highest BCUT2D eigenvalue weighted by molar-refractivity contribution is 7.12. The Hall–Kier alpha value is -2.49. The first-order valence-corrected chi connectivity index (χ1v) is 9.11. The van der Waals surface area contributed by atoms with Crippen LogP contribution in [0.1, 0.15) is 16.8 Å². The summed E-state index contributed by atoms with van der Waals surface area (Å²) in [5, 5.41) is 11.8. The topological polar surface area (TPSA) is 114 Å². The van der Waals surface area contributed by atoms with Gasteiger partial charge in [0, 0.05) is 43.0 Å². The van der Waals surface area contributed by atoms with Gasteiger partial charge in [-0.15, -0.1) is 11.3 Å². The van der Waals surface area contributed by atoms with Gasteiger partial charge in [-0.3, -0.25) is 9.36 Å². The number of rotatable bonds is 3. The van der Waals surface area contributed by atoms with Crippen LogP contribution in [0.4, 0.5) is 5.82 Å². The number of aromatic carboxylic acids is 1. The van der Waals surface area contributed by atoms with Crippen LogP contribution in [0.3, 0.4) is 0 Å². The largest absolute Gasteiger partial charge is 0.477 e. The Bertz CT molecular complexity index is 1070. The minimum Gasteiger partial charge on any atom is -0.477 e. The molecule has 3 aromatic rings. The van der Waals surface area contributed by atoms with E-state index in [-0.39, 0.29) is 27.7 Å². The van der Waals surface area contributed by atoms with Crippen LogP contribution < -0.4 is 16.1 Å². The number of thiazole rings is 1. The highest BCUT2D eigenvalue weighted by atomic mass is 35.5. The molecule has 4 heterocycles. The van der Waals surface area contributed by atoms with E-state index in [1.165, 1.54) is 22.1 Å². The number of fused-ring (bicyclic) bond motifs is 1. The minimum atomic E-state index is -1.33. The van der Waals surface area contributed by atoms with Gasteiger partial charge in [0.15, 0.2) is 10.8 Å². The van der Waals surface area contributed by atoms with Crippen molar-refractivity contribution in [3.8, 4) is 5.13 Å².